The Bertz CT molecular complexity index is 1270. The highest BCUT2D eigenvalue weighted by Gasteiger charge is 2.56. The van der Waals surface area contributed by atoms with Gasteiger partial charge >= 0.3 is 18.1 Å². The Balaban J connectivity index is 1.46. The Kier molecular flexibility index (Phi) is 8.73. The molecule has 7 nitrogen and oxygen atoms in total. The predicted octanol–water partition coefficient (Wildman–Crippen LogP) is 5.90. The lowest BCUT2D eigenvalue weighted by molar-refractivity contribution is -0.235. The number of carbonyl (C=O) groups excluding carboxylic acids is 3. The van der Waals surface area contributed by atoms with Crippen LogP contribution >= 0.6 is 11.6 Å². The summed E-state index contributed by atoms with van der Waals surface area (Å²) in [7, 11) is 0. The molecular weight excluding hydrogens is 559 g/mol. The van der Waals surface area contributed by atoms with E-state index in [9.17, 15) is 27.6 Å². The van der Waals surface area contributed by atoms with Crippen molar-refractivity contribution in [1.82, 2.24) is 14.4 Å². The third-order valence-corrected chi connectivity index (χ3v) is 8.83. The number of hydrogen-bond acceptors (Lipinski definition) is 5. The van der Waals surface area contributed by atoms with Crippen LogP contribution in [0.4, 0.5) is 18.9 Å². The van der Waals surface area contributed by atoms with Crippen molar-refractivity contribution in [3.05, 3.63) is 64.7 Å². The van der Waals surface area contributed by atoms with Crippen molar-refractivity contribution in [2.24, 2.45) is 5.92 Å². The largest absolute Gasteiger partial charge is 0.497 e. The van der Waals surface area contributed by atoms with Gasteiger partial charge in [0, 0.05) is 34.2 Å². The van der Waals surface area contributed by atoms with E-state index in [0.717, 1.165) is 25.9 Å². The number of carbonyl (C=O) groups is 3. The van der Waals surface area contributed by atoms with E-state index >= 15 is 0 Å². The Morgan fingerprint density at radius 2 is 1.59 bits per heavy atom. The van der Waals surface area contributed by atoms with Crippen molar-refractivity contribution in [2.45, 2.75) is 63.7 Å². The van der Waals surface area contributed by atoms with Gasteiger partial charge in [-0.05, 0) is 67.7 Å². The van der Waals surface area contributed by atoms with Gasteiger partial charge in [0.2, 0.25) is 0 Å². The first-order valence-electron chi connectivity index (χ1n) is 14.2. The zero-order valence-corrected chi connectivity index (χ0v) is 23.5. The molecular formula is C30H34ClF3N3O4+. The van der Waals surface area contributed by atoms with Crippen molar-refractivity contribution >= 4 is 35.1 Å². The number of nitrogens with zero attached hydrogens (tertiary/aromatic N) is 3. The molecule has 2 aromatic carbocycles. The van der Waals surface area contributed by atoms with Gasteiger partial charge in [0.15, 0.2) is 5.69 Å². The fraction of sp³-hybridized carbons (Fsp3) is 0.500. The smallest absolute Gasteiger partial charge is 0.320 e. The van der Waals surface area contributed by atoms with Crippen LogP contribution in [0.2, 0.25) is 5.02 Å². The molecule has 2 heterocycles. The van der Waals surface area contributed by atoms with Crippen LogP contribution in [-0.4, -0.2) is 66.0 Å². The first-order chi connectivity index (χ1) is 19.6. The minimum atomic E-state index is -5.30. The van der Waals surface area contributed by atoms with Crippen LogP contribution in [0.5, 0.6) is 0 Å². The maximum Gasteiger partial charge on any atom is 0.497 e. The monoisotopic (exact) mass is 592 g/mol. The van der Waals surface area contributed by atoms with E-state index in [4.69, 9.17) is 16.4 Å². The van der Waals surface area contributed by atoms with Gasteiger partial charge in [-0.3, -0.25) is 9.63 Å². The average molecular weight is 593 g/mol. The number of hydroxylamine groups is 2. The molecule has 0 aromatic heterocycles. The summed E-state index contributed by atoms with van der Waals surface area (Å²) in [6.45, 7) is 0.869. The predicted molar refractivity (Wildman–Crippen MR) is 148 cm³/mol. The van der Waals surface area contributed by atoms with E-state index in [0.29, 0.717) is 29.5 Å². The number of likely N-dealkylation sites (tertiary alicyclic amines) is 1. The van der Waals surface area contributed by atoms with Crippen molar-refractivity contribution in [3.8, 4) is 0 Å². The second-order valence-corrected chi connectivity index (χ2v) is 11.7. The Labute approximate surface area is 242 Å². The Hall–Kier alpha value is -2.95. The molecule has 0 spiro atoms. The van der Waals surface area contributed by atoms with E-state index in [1.54, 1.807) is 30.3 Å². The van der Waals surface area contributed by atoms with Crippen LogP contribution in [0.25, 0.3) is 0 Å². The summed E-state index contributed by atoms with van der Waals surface area (Å²) in [6.07, 6.45) is 2.00. The molecule has 2 aliphatic heterocycles. The maximum absolute atomic E-state index is 14.0. The van der Waals surface area contributed by atoms with E-state index in [1.807, 2.05) is 0 Å². The molecule has 1 atom stereocenters. The number of amides is 2. The van der Waals surface area contributed by atoms with Crippen LogP contribution in [0.3, 0.4) is 0 Å². The molecule has 41 heavy (non-hydrogen) atoms. The van der Waals surface area contributed by atoms with Gasteiger partial charge in [-0.25, -0.2) is 9.59 Å². The van der Waals surface area contributed by atoms with Crippen molar-refractivity contribution < 1.29 is 32.4 Å². The van der Waals surface area contributed by atoms with Gasteiger partial charge < -0.3 is 9.80 Å². The summed E-state index contributed by atoms with van der Waals surface area (Å²) >= 11 is 5.96. The van der Waals surface area contributed by atoms with Crippen LogP contribution in [0.15, 0.2) is 48.5 Å². The molecule has 2 fully saturated rings. The third-order valence-electron chi connectivity index (χ3n) is 8.58. The number of alkyl halides is 3. The van der Waals surface area contributed by atoms with E-state index < -0.39 is 35.2 Å². The molecule has 1 saturated heterocycles. The number of fused-ring (bicyclic) bond motifs is 1. The second kappa shape index (κ2) is 12.1. The number of hydrogen-bond donors (Lipinski definition) is 0. The summed E-state index contributed by atoms with van der Waals surface area (Å²) in [5.41, 5.74) is 0.869. The first kappa shape index (κ1) is 29.5. The fourth-order valence-corrected chi connectivity index (χ4v) is 6.56. The van der Waals surface area contributed by atoms with Gasteiger partial charge in [0.1, 0.15) is 13.1 Å². The molecule has 0 bridgehead atoms. The lowest BCUT2D eigenvalue weighted by Gasteiger charge is -2.41. The summed E-state index contributed by atoms with van der Waals surface area (Å²) in [6, 6.07) is 13.1. The molecule has 1 saturated carbocycles. The lowest BCUT2D eigenvalue weighted by atomic mass is 9.89. The molecule has 3 aliphatic rings. The molecule has 2 amide bonds. The van der Waals surface area contributed by atoms with Gasteiger partial charge in [0.05, 0.1) is 6.54 Å². The number of halogens is 4. The number of quaternary nitrogens is 1. The van der Waals surface area contributed by atoms with Crippen molar-refractivity contribution in [1.29, 1.82) is 0 Å². The Morgan fingerprint density at radius 3 is 2.24 bits per heavy atom. The van der Waals surface area contributed by atoms with Crippen LogP contribution in [0, 0.1) is 5.92 Å². The maximum atomic E-state index is 14.0. The molecule has 11 heteroatoms. The van der Waals surface area contributed by atoms with Gasteiger partial charge in [-0.2, -0.15) is 13.2 Å². The van der Waals surface area contributed by atoms with Crippen LogP contribution < -0.4 is 4.65 Å². The van der Waals surface area contributed by atoms with Gasteiger partial charge in [0.25, 0.3) is 5.91 Å². The van der Waals surface area contributed by atoms with Crippen LogP contribution in [0.1, 0.15) is 60.9 Å². The normalized spacial score (nSPS) is 23.1. The van der Waals surface area contributed by atoms with Crippen LogP contribution in [-0.2, 0) is 21.0 Å². The average Bonchev–Trinajstić information content (AvgIpc) is 3.08. The van der Waals surface area contributed by atoms with E-state index in [2.05, 4.69) is 4.90 Å². The molecule has 2 aromatic rings. The molecule has 0 N–H and O–H groups in total. The molecule has 220 valence electrons. The summed E-state index contributed by atoms with van der Waals surface area (Å²) in [5, 5.41) is 0.433. The zero-order chi connectivity index (χ0) is 29.2. The molecule has 1 unspecified atom stereocenters. The second-order valence-electron chi connectivity index (χ2n) is 11.3. The van der Waals surface area contributed by atoms with Gasteiger partial charge in [-0.1, -0.05) is 49.1 Å². The van der Waals surface area contributed by atoms with E-state index in [-0.39, 0.29) is 30.3 Å². The standard InChI is InChI=1S/C30H34ClF3N3O4/c31-24-12-10-22(11-13-24)28(39)36-18-23-6-4-5-9-26(23)37(27(38)19-36,41-29(40)30(32,33)34)20-21-14-16-35(17-15-21)25-7-2-1-3-8-25/h4-6,9-13,21,25H,1-3,7-8,14-20H2/q+1. The highest BCUT2D eigenvalue weighted by molar-refractivity contribution is 6.30. The molecule has 0 radical (unpaired) electrons. The zero-order valence-electron chi connectivity index (χ0n) is 22.7. The number of piperidine rings is 1. The Morgan fingerprint density at radius 1 is 0.927 bits per heavy atom. The number of benzene rings is 2. The number of rotatable bonds is 5. The van der Waals surface area contributed by atoms with Crippen molar-refractivity contribution in [2.75, 3.05) is 26.2 Å². The topological polar surface area (TPSA) is 66.9 Å². The van der Waals surface area contributed by atoms with E-state index in [1.165, 1.54) is 42.4 Å². The highest BCUT2D eigenvalue weighted by Crippen LogP contribution is 2.38. The van der Waals surface area contributed by atoms with Crippen molar-refractivity contribution in [3.63, 3.8) is 0 Å². The summed E-state index contributed by atoms with van der Waals surface area (Å²) in [5.74, 6) is -3.87. The van der Waals surface area contributed by atoms with Gasteiger partial charge in [-0.15, -0.1) is 0 Å². The SMILES string of the molecule is O=C(c1ccc(Cl)cc1)N1CC(=O)[N+](CC2CCN(C3CCCCC3)CC2)(OC(=O)C(F)(F)F)c2ccccc2C1. The molecule has 1 aliphatic carbocycles. The lowest BCUT2D eigenvalue weighted by Crippen LogP contribution is -2.61. The summed E-state index contributed by atoms with van der Waals surface area (Å²) in [4.78, 5) is 48.8. The fourth-order valence-electron chi connectivity index (χ4n) is 6.43. The minimum absolute atomic E-state index is 0.0347. The third kappa shape index (κ3) is 6.44. The first-order valence-corrected chi connectivity index (χ1v) is 14.5. The quantitative estimate of drug-likeness (QED) is 0.405. The number of para-hydroxylation sites is 1. The minimum Gasteiger partial charge on any atom is -0.320 e. The molecule has 5 rings (SSSR count). The summed E-state index contributed by atoms with van der Waals surface area (Å²) < 4.78 is 39.6. The highest BCUT2D eigenvalue weighted by atomic mass is 35.5.